The van der Waals surface area contributed by atoms with Crippen LogP contribution in [0.1, 0.15) is 55.4 Å². The van der Waals surface area contributed by atoms with Gasteiger partial charge in [-0.3, -0.25) is 4.79 Å². The standard InChI is InChI=1S/C25H24N2O4/c1-23(2)24(3)13-14-25(23,20-19(24)26-17-7-5-6-8-18(17)27-20)22(29)31-16-11-9-15(10-12-16)21(28)30-4/h5-12H,13-14H2,1-4H3. The lowest BCUT2D eigenvalue weighted by Crippen LogP contribution is -2.48. The van der Waals surface area contributed by atoms with E-state index in [1.165, 1.54) is 7.11 Å². The summed E-state index contributed by atoms with van der Waals surface area (Å²) in [4.78, 5) is 35.3. The van der Waals surface area contributed by atoms with Gasteiger partial charge in [0.05, 0.1) is 35.1 Å². The Balaban J connectivity index is 1.59. The monoisotopic (exact) mass is 416 g/mol. The summed E-state index contributed by atoms with van der Waals surface area (Å²) in [5.74, 6) is -0.370. The summed E-state index contributed by atoms with van der Waals surface area (Å²) >= 11 is 0. The van der Waals surface area contributed by atoms with E-state index in [1.54, 1.807) is 24.3 Å². The number of fused-ring (bicyclic) bond motifs is 6. The van der Waals surface area contributed by atoms with Crippen LogP contribution < -0.4 is 4.74 Å². The van der Waals surface area contributed by atoms with Gasteiger partial charge < -0.3 is 9.47 Å². The maximum atomic E-state index is 13.7. The Kier molecular flexibility index (Phi) is 4.04. The molecule has 1 fully saturated rings. The Bertz CT molecular complexity index is 1230. The van der Waals surface area contributed by atoms with Gasteiger partial charge in [-0.25, -0.2) is 14.8 Å². The lowest BCUT2D eigenvalue weighted by molar-refractivity contribution is -0.145. The molecule has 5 rings (SSSR count). The molecule has 3 aromatic rings. The number of esters is 2. The molecule has 1 heterocycles. The van der Waals surface area contributed by atoms with Crippen molar-refractivity contribution in [2.75, 3.05) is 7.11 Å². The van der Waals surface area contributed by atoms with Crippen LogP contribution >= 0.6 is 0 Å². The van der Waals surface area contributed by atoms with E-state index in [9.17, 15) is 9.59 Å². The largest absolute Gasteiger partial charge is 0.465 e. The number of hydrogen-bond acceptors (Lipinski definition) is 6. The van der Waals surface area contributed by atoms with Crippen molar-refractivity contribution in [2.45, 2.75) is 44.4 Å². The Morgan fingerprint density at radius 3 is 2.10 bits per heavy atom. The molecule has 0 saturated heterocycles. The number of carbonyl (C=O) groups is 2. The molecule has 6 nitrogen and oxygen atoms in total. The lowest BCUT2D eigenvalue weighted by atomic mass is 9.64. The number of para-hydroxylation sites is 2. The van der Waals surface area contributed by atoms with E-state index in [4.69, 9.17) is 19.4 Å². The third-order valence-corrected chi connectivity index (χ3v) is 7.78. The normalized spacial score (nSPS) is 25.3. The molecule has 1 aromatic heterocycles. The average Bonchev–Trinajstić information content (AvgIpc) is 3.07. The van der Waals surface area contributed by atoms with Crippen LogP contribution in [0.4, 0.5) is 0 Å². The van der Waals surface area contributed by atoms with Crippen molar-refractivity contribution in [3.05, 3.63) is 65.5 Å². The second-order valence-electron chi connectivity index (χ2n) is 9.18. The van der Waals surface area contributed by atoms with Crippen LogP contribution in [0.3, 0.4) is 0 Å². The summed E-state index contributed by atoms with van der Waals surface area (Å²) in [5.41, 5.74) is 2.10. The lowest BCUT2D eigenvalue weighted by Gasteiger charge is -2.38. The van der Waals surface area contributed by atoms with Gasteiger partial charge in [-0.15, -0.1) is 0 Å². The van der Waals surface area contributed by atoms with Crippen LogP contribution in [-0.2, 0) is 20.4 Å². The summed E-state index contributed by atoms with van der Waals surface area (Å²) in [5, 5.41) is 0. The number of aromatic nitrogens is 2. The summed E-state index contributed by atoms with van der Waals surface area (Å²) in [6, 6.07) is 14.2. The highest BCUT2D eigenvalue weighted by atomic mass is 16.5. The van der Waals surface area contributed by atoms with E-state index in [0.717, 1.165) is 28.8 Å². The second-order valence-corrected chi connectivity index (χ2v) is 9.18. The molecule has 2 aromatic carbocycles. The van der Waals surface area contributed by atoms with Gasteiger partial charge in [-0.2, -0.15) is 0 Å². The maximum absolute atomic E-state index is 13.7. The molecular formula is C25H24N2O4. The number of hydrogen-bond donors (Lipinski definition) is 0. The molecule has 2 bridgehead atoms. The second kappa shape index (κ2) is 6.36. The number of nitrogens with zero attached hydrogens (tertiary/aromatic N) is 2. The van der Waals surface area contributed by atoms with Crippen molar-refractivity contribution >= 4 is 23.0 Å². The Hall–Kier alpha value is -3.28. The molecule has 31 heavy (non-hydrogen) atoms. The van der Waals surface area contributed by atoms with Crippen molar-refractivity contribution in [2.24, 2.45) is 5.41 Å². The zero-order chi connectivity index (χ0) is 22.0. The minimum Gasteiger partial charge on any atom is -0.465 e. The molecule has 0 radical (unpaired) electrons. The molecular weight excluding hydrogens is 392 g/mol. The molecule has 2 aliphatic carbocycles. The Morgan fingerprint density at radius 1 is 0.871 bits per heavy atom. The molecule has 0 N–H and O–H groups in total. The van der Waals surface area contributed by atoms with Crippen LogP contribution in [0.25, 0.3) is 11.0 Å². The first-order valence-electron chi connectivity index (χ1n) is 10.4. The predicted molar refractivity (Wildman–Crippen MR) is 115 cm³/mol. The molecule has 158 valence electrons. The van der Waals surface area contributed by atoms with Crippen LogP contribution in [0.15, 0.2) is 48.5 Å². The topological polar surface area (TPSA) is 78.4 Å². The number of carbonyl (C=O) groups excluding carboxylic acids is 2. The van der Waals surface area contributed by atoms with Crippen molar-refractivity contribution in [3.63, 3.8) is 0 Å². The minimum absolute atomic E-state index is 0.271. The summed E-state index contributed by atoms with van der Waals surface area (Å²) in [7, 11) is 1.33. The predicted octanol–water partition coefficient (Wildman–Crippen LogP) is 4.35. The van der Waals surface area contributed by atoms with E-state index >= 15 is 0 Å². The fraction of sp³-hybridized carbons (Fsp3) is 0.360. The number of rotatable bonds is 3. The van der Waals surface area contributed by atoms with Crippen LogP contribution in [-0.4, -0.2) is 29.0 Å². The molecule has 1 saturated carbocycles. The van der Waals surface area contributed by atoms with Crippen molar-refractivity contribution in [3.8, 4) is 5.75 Å². The van der Waals surface area contributed by atoms with Crippen LogP contribution in [0, 0.1) is 5.41 Å². The molecule has 0 spiro atoms. The quantitative estimate of drug-likeness (QED) is 0.467. The summed E-state index contributed by atoms with van der Waals surface area (Å²) in [6.07, 6.45) is 1.51. The van der Waals surface area contributed by atoms with E-state index in [0.29, 0.717) is 17.7 Å². The van der Waals surface area contributed by atoms with Gasteiger partial charge >= 0.3 is 11.9 Å². The SMILES string of the molecule is COC(=O)c1ccc(OC(=O)C23CCC(C)(c4nc5ccccc5nc42)C3(C)C)cc1. The average molecular weight is 416 g/mol. The van der Waals surface area contributed by atoms with E-state index in [2.05, 4.69) is 20.8 Å². The zero-order valence-electron chi connectivity index (χ0n) is 18.1. The van der Waals surface area contributed by atoms with Gasteiger partial charge in [0.25, 0.3) is 0 Å². The molecule has 0 aliphatic heterocycles. The molecule has 2 unspecified atom stereocenters. The van der Waals surface area contributed by atoms with Crippen LogP contribution in [0.5, 0.6) is 5.75 Å². The van der Waals surface area contributed by atoms with Crippen molar-refractivity contribution in [1.29, 1.82) is 0 Å². The van der Waals surface area contributed by atoms with E-state index in [-0.39, 0.29) is 11.4 Å². The first-order valence-corrected chi connectivity index (χ1v) is 10.4. The van der Waals surface area contributed by atoms with E-state index in [1.807, 2.05) is 24.3 Å². The molecule has 2 atom stereocenters. The first kappa shape index (κ1) is 19.7. The molecule has 6 heteroatoms. The van der Waals surface area contributed by atoms with Gasteiger partial charge in [0.15, 0.2) is 0 Å². The van der Waals surface area contributed by atoms with Gasteiger partial charge in [0.1, 0.15) is 11.2 Å². The highest BCUT2D eigenvalue weighted by Crippen LogP contribution is 2.70. The van der Waals surface area contributed by atoms with Crippen molar-refractivity contribution in [1.82, 2.24) is 9.97 Å². The smallest absolute Gasteiger partial charge is 0.337 e. The third-order valence-electron chi connectivity index (χ3n) is 7.78. The molecule has 2 aliphatic rings. The number of ether oxygens (including phenoxy) is 2. The summed E-state index contributed by atoms with van der Waals surface area (Å²) < 4.78 is 10.6. The third kappa shape index (κ3) is 2.39. The van der Waals surface area contributed by atoms with Gasteiger partial charge in [0, 0.05) is 5.41 Å². The van der Waals surface area contributed by atoms with Gasteiger partial charge in [0.2, 0.25) is 0 Å². The van der Waals surface area contributed by atoms with Gasteiger partial charge in [-0.1, -0.05) is 32.9 Å². The minimum atomic E-state index is -0.880. The fourth-order valence-electron chi connectivity index (χ4n) is 5.47. The van der Waals surface area contributed by atoms with Crippen LogP contribution in [0.2, 0.25) is 0 Å². The highest BCUT2D eigenvalue weighted by Gasteiger charge is 2.74. The Labute approximate surface area is 180 Å². The van der Waals surface area contributed by atoms with E-state index < -0.39 is 16.8 Å². The fourth-order valence-corrected chi connectivity index (χ4v) is 5.47. The van der Waals surface area contributed by atoms with Crippen molar-refractivity contribution < 1.29 is 19.1 Å². The molecule has 0 amide bonds. The maximum Gasteiger partial charge on any atom is 0.337 e. The summed E-state index contributed by atoms with van der Waals surface area (Å²) in [6.45, 7) is 6.42. The first-order chi connectivity index (χ1) is 14.7. The zero-order valence-corrected chi connectivity index (χ0v) is 18.1. The highest BCUT2D eigenvalue weighted by molar-refractivity contribution is 5.91. The Morgan fingerprint density at radius 2 is 1.48 bits per heavy atom. The number of benzene rings is 2. The number of methoxy groups -OCH3 is 1. The van der Waals surface area contributed by atoms with Gasteiger partial charge in [-0.05, 0) is 54.7 Å².